The number of hydrogen-bond acceptors (Lipinski definition) is 4. The first-order chi connectivity index (χ1) is 10.1. The lowest BCUT2D eigenvalue weighted by Gasteiger charge is -2.26. The number of halogens is 2. The molecule has 0 spiro atoms. The zero-order chi connectivity index (χ0) is 15.2. The molecule has 0 aromatic heterocycles. The Balaban J connectivity index is 1.87. The van der Waals surface area contributed by atoms with E-state index in [9.17, 15) is 4.79 Å². The lowest BCUT2D eigenvalue weighted by atomic mass is 10.1. The summed E-state index contributed by atoms with van der Waals surface area (Å²) in [6, 6.07) is 5.25. The molecule has 2 rings (SSSR count). The third kappa shape index (κ3) is 4.51. The van der Waals surface area contributed by atoms with Gasteiger partial charge < -0.3 is 9.64 Å². The molecule has 1 amide bonds. The van der Waals surface area contributed by atoms with Crippen molar-refractivity contribution in [3.8, 4) is 0 Å². The SMILES string of the molecule is CCOC(=O)N1CCC(=NNc2ccc(Cl)c(Cl)c2)CC1. The average molecular weight is 330 g/mol. The van der Waals surface area contributed by atoms with Crippen molar-refractivity contribution in [1.82, 2.24) is 4.90 Å². The first-order valence-corrected chi connectivity index (χ1v) is 7.54. The lowest BCUT2D eigenvalue weighted by Crippen LogP contribution is -2.39. The van der Waals surface area contributed by atoms with Gasteiger partial charge in [0.2, 0.25) is 0 Å². The van der Waals surface area contributed by atoms with Gasteiger partial charge in [0.1, 0.15) is 0 Å². The van der Waals surface area contributed by atoms with Crippen LogP contribution in [0.15, 0.2) is 23.3 Å². The Morgan fingerprint density at radius 1 is 1.33 bits per heavy atom. The van der Waals surface area contributed by atoms with Crippen molar-refractivity contribution in [2.24, 2.45) is 5.10 Å². The number of rotatable bonds is 3. The highest BCUT2D eigenvalue weighted by molar-refractivity contribution is 6.42. The van der Waals surface area contributed by atoms with E-state index in [2.05, 4.69) is 10.5 Å². The molecule has 114 valence electrons. The summed E-state index contributed by atoms with van der Waals surface area (Å²) in [6.45, 7) is 3.45. The van der Waals surface area contributed by atoms with Crippen molar-refractivity contribution in [1.29, 1.82) is 0 Å². The number of ether oxygens (including phenoxy) is 1. The van der Waals surface area contributed by atoms with E-state index < -0.39 is 0 Å². The van der Waals surface area contributed by atoms with Gasteiger partial charge in [0.15, 0.2) is 0 Å². The van der Waals surface area contributed by atoms with Crippen LogP contribution < -0.4 is 5.43 Å². The van der Waals surface area contributed by atoms with E-state index in [0.29, 0.717) is 29.7 Å². The van der Waals surface area contributed by atoms with E-state index in [0.717, 1.165) is 24.2 Å². The zero-order valence-electron chi connectivity index (χ0n) is 11.7. The second kappa shape index (κ2) is 7.52. The van der Waals surface area contributed by atoms with Crippen LogP contribution in [0.5, 0.6) is 0 Å². The van der Waals surface area contributed by atoms with Crippen molar-refractivity contribution in [3.05, 3.63) is 28.2 Å². The standard InChI is InChI=1S/C14H17Cl2N3O2/c1-2-21-14(20)19-7-5-10(6-8-19)17-18-11-3-4-12(15)13(16)9-11/h3-4,9,18H,2,5-8H2,1H3. The van der Waals surface area contributed by atoms with Gasteiger partial charge in [0.25, 0.3) is 0 Å². The Kier molecular flexibility index (Phi) is 5.70. The molecular formula is C14H17Cl2N3O2. The maximum absolute atomic E-state index is 11.6. The highest BCUT2D eigenvalue weighted by atomic mass is 35.5. The number of carbonyl (C=O) groups excluding carboxylic acids is 1. The zero-order valence-corrected chi connectivity index (χ0v) is 13.2. The van der Waals surface area contributed by atoms with Crippen molar-refractivity contribution in [2.45, 2.75) is 19.8 Å². The Hall–Kier alpha value is -1.46. The third-order valence-electron chi connectivity index (χ3n) is 3.13. The molecular weight excluding hydrogens is 313 g/mol. The summed E-state index contributed by atoms with van der Waals surface area (Å²) in [7, 11) is 0. The molecule has 0 aliphatic carbocycles. The average Bonchev–Trinajstić information content (AvgIpc) is 2.49. The van der Waals surface area contributed by atoms with Crippen molar-refractivity contribution in [2.75, 3.05) is 25.1 Å². The van der Waals surface area contributed by atoms with Crippen molar-refractivity contribution < 1.29 is 9.53 Å². The van der Waals surface area contributed by atoms with Crippen LogP contribution in [-0.4, -0.2) is 36.4 Å². The Labute approximate surface area is 133 Å². The molecule has 0 saturated carbocycles. The predicted octanol–water partition coefficient (Wildman–Crippen LogP) is 4.01. The van der Waals surface area contributed by atoms with Gasteiger partial charge in [-0.1, -0.05) is 23.2 Å². The fourth-order valence-corrected chi connectivity index (χ4v) is 2.28. The Morgan fingerprint density at radius 2 is 2.05 bits per heavy atom. The number of amides is 1. The molecule has 0 radical (unpaired) electrons. The summed E-state index contributed by atoms with van der Waals surface area (Å²) in [5.41, 5.74) is 4.76. The first kappa shape index (κ1) is 15.9. The molecule has 1 saturated heterocycles. The second-order valence-electron chi connectivity index (χ2n) is 4.60. The van der Waals surface area contributed by atoms with Gasteiger partial charge in [-0.25, -0.2) is 4.79 Å². The smallest absolute Gasteiger partial charge is 0.409 e. The van der Waals surface area contributed by atoms with Gasteiger partial charge in [-0.2, -0.15) is 5.10 Å². The van der Waals surface area contributed by atoms with Crippen LogP contribution in [-0.2, 0) is 4.74 Å². The molecule has 1 N–H and O–H groups in total. The molecule has 1 aliphatic heterocycles. The number of likely N-dealkylation sites (tertiary alicyclic amines) is 1. The van der Waals surface area contributed by atoms with Crippen LogP contribution >= 0.6 is 23.2 Å². The summed E-state index contributed by atoms with van der Waals surface area (Å²) in [5, 5.41) is 5.35. The van der Waals surface area contributed by atoms with Gasteiger partial charge in [0, 0.05) is 31.6 Å². The largest absolute Gasteiger partial charge is 0.450 e. The molecule has 1 aromatic rings. The fraction of sp³-hybridized carbons (Fsp3) is 0.429. The van der Waals surface area contributed by atoms with Crippen LogP contribution in [0, 0.1) is 0 Å². The van der Waals surface area contributed by atoms with Gasteiger partial charge in [0.05, 0.1) is 22.3 Å². The predicted molar refractivity (Wildman–Crippen MR) is 85.3 cm³/mol. The molecule has 1 aliphatic rings. The number of hydrogen-bond donors (Lipinski definition) is 1. The van der Waals surface area contributed by atoms with Gasteiger partial charge in [-0.3, -0.25) is 5.43 Å². The van der Waals surface area contributed by atoms with E-state index in [-0.39, 0.29) is 6.09 Å². The number of benzene rings is 1. The maximum atomic E-state index is 11.6. The van der Waals surface area contributed by atoms with Crippen LogP contribution in [0.2, 0.25) is 10.0 Å². The van der Waals surface area contributed by atoms with Crippen LogP contribution in [0.25, 0.3) is 0 Å². The summed E-state index contributed by atoms with van der Waals surface area (Å²) >= 11 is 11.8. The maximum Gasteiger partial charge on any atom is 0.409 e. The Morgan fingerprint density at radius 3 is 2.67 bits per heavy atom. The van der Waals surface area contributed by atoms with Crippen molar-refractivity contribution >= 4 is 40.7 Å². The van der Waals surface area contributed by atoms with Crippen LogP contribution in [0.4, 0.5) is 10.5 Å². The number of nitrogens with zero attached hydrogens (tertiary/aromatic N) is 2. The van der Waals surface area contributed by atoms with E-state index in [1.807, 2.05) is 6.07 Å². The van der Waals surface area contributed by atoms with Crippen LogP contribution in [0.3, 0.4) is 0 Å². The normalized spacial score (nSPS) is 14.8. The monoisotopic (exact) mass is 329 g/mol. The minimum Gasteiger partial charge on any atom is -0.450 e. The lowest BCUT2D eigenvalue weighted by molar-refractivity contribution is 0.107. The molecule has 0 atom stereocenters. The third-order valence-corrected chi connectivity index (χ3v) is 3.87. The second-order valence-corrected chi connectivity index (χ2v) is 5.42. The molecule has 1 aromatic carbocycles. The number of piperidine rings is 1. The molecule has 21 heavy (non-hydrogen) atoms. The molecule has 1 fully saturated rings. The molecule has 1 heterocycles. The molecule has 5 nitrogen and oxygen atoms in total. The number of hydrazone groups is 1. The van der Waals surface area contributed by atoms with Crippen molar-refractivity contribution in [3.63, 3.8) is 0 Å². The summed E-state index contributed by atoms with van der Waals surface area (Å²) in [4.78, 5) is 13.3. The Bertz CT molecular complexity index is 539. The highest BCUT2D eigenvalue weighted by Gasteiger charge is 2.20. The molecule has 0 bridgehead atoms. The van der Waals surface area contributed by atoms with Crippen LogP contribution in [0.1, 0.15) is 19.8 Å². The molecule has 7 heteroatoms. The van der Waals surface area contributed by atoms with E-state index >= 15 is 0 Å². The minimum absolute atomic E-state index is 0.256. The quantitative estimate of drug-likeness (QED) is 0.852. The number of anilines is 1. The minimum atomic E-state index is -0.256. The molecule has 0 unspecified atom stereocenters. The first-order valence-electron chi connectivity index (χ1n) is 6.78. The van der Waals surface area contributed by atoms with Gasteiger partial charge >= 0.3 is 6.09 Å². The van der Waals surface area contributed by atoms with Gasteiger partial charge in [-0.05, 0) is 25.1 Å². The van der Waals surface area contributed by atoms with E-state index in [1.54, 1.807) is 24.0 Å². The topological polar surface area (TPSA) is 53.9 Å². The number of nitrogens with one attached hydrogen (secondary N) is 1. The number of carbonyl (C=O) groups is 1. The van der Waals surface area contributed by atoms with E-state index in [4.69, 9.17) is 27.9 Å². The van der Waals surface area contributed by atoms with Gasteiger partial charge in [-0.15, -0.1) is 0 Å². The summed E-state index contributed by atoms with van der Waals surface area (Å²) in [5.74, 6) is 0. The highest BCUT2D eigenvalue weighted by Crippen LogP contribution is 2.25. The fourth-order valence-electron chi connectivity index (χ4n) is 1.98. The van der Waals surface area contributed by atoms with E-state index in [1.165, 1.54) is 0 Å². The summed E-state index contributed by atoms with van der Waals surface area (Å²) < 4.78 is 4.97. The summed E-state index contributed by atoms with van der Waals surface area (Å²) in [6.07, 6.45) is 1.20.